The minimum Gasteiger partial charge on any atom is -0.267 e. The Morgan fingerprint density at radius 2 is 2.04 bits per heavy atom. The van der Waals surface area contributed by atoms with Crippen LogP contribution < -0.4 is 11.2 Å². The number of aryl methyl sites for hydroxylation is 1. The van der Waals surface area contributed by atoms with E-state index in [0.717, 1.165) is 11.0 Å². The van der Waals surface area contributed by atoms with Crippen LogP contribution in [0.1, 0.15) is 19.3 Å². The van der Waals surface area contributed by atoms with Gasteiger partial charge in [0.1, 0.15) is 0 Å². The topological polar surface area (TPSA) is 82.7 Å². The van der Waals surface area contributed by atoms with Crippen LogP contribution in [0.25, 0.3) is 22.9 Å². The molecule has 0 amide bonds. The Bertz CT molecular complexity index is 1040. The van der Waals surface area contributed by atoms with E-state index in [1.807, 2.05) is 6.07 Å². The molecule has 0 radical (unpaired) electrons. The van der Waals surface area contributed by atoms with E-state index < -0.39 is 11.2 Å². The predicted octanol–water partition coefficient (Wildman–Crippen LogP) is 1.96. The fourth-order valence-electron chi connectivity index (χ4n) is 2.74. The third kappa shape index (κ3) is 3.07. The molecule has 128 valence electrons. The second-order valence-electron chi connectivity index (χ2n) is 6.33. The Hall–Kier alpha value is -2.54. The summed E-state index contributed by atoms with van der Waals surface area (Å²) < 4.78 is 2.59. The number of fused-ring (bicyclic) bond motifs is 1. The highest BCUT2D eigenvalue weighted by atomic mass is 35.5. The minimum absolute atomic E-state index is 0.142. The van der Waals surface area contributed by atoms with Crippen LogP contribution in [0.15, 0.2) is 33.9 Å². The highest BCUT2D eigenvalue weighted by Gasteiger charge is 2.24. The van der Waals surface area contributed by atoms with Crippen LogP contribution in [-0.2, 0) is 13.6 Å². The third-order valence-electron chi connectivity index (χ3n) is 4.41. The maximum atomic E-state index is 12.5. The lowest BCUT2D eigenvalue weighted by atomic mass is 10.2. The van der Waals surface area contributed by atoms with Gasteiger partial charge in [-0.2, -0.15) is 10.1 Å². The van der Waals surface area contributed by atoms with Crippen LogP contribution in [0.2, 0.25) is 5.02 Å². The number of hydrogen-bond donors (Lipinski definition) is 0. The number of aromatic nitrogens is 5. The van der Waals surface area contributed by atoms with E-state index in [0.29, 0.717) is 28.9 Å². The molecule has 1 fully saturated rings. The van der Waals surface area contributed by atoms with E-state index in [-0.39, 0.29) is 11.5 Å². The van der Waals surface area contributed by atoms with Crippen molar-refractivity contribution in [3.8, 4) is 22.9 Å². The first kappa shape index (κ1) is 16.0. The van der Waals surface area contributed by atoms with Crippen LogP contribution in [0.5, 0.6) is 0 Å². The van der Waals surface area contributed by atoms with Crippen molar-refractivity contribution in [3.05, 3.63) is 50.1 Å². The molecule has 0 bridgehead atoms. The molecule has 1 aromatic carbocycles. The van der Waals surface area contributed by atoms with Gasteiger partial charge in [0.05, 0.1) is 0 Å². The standard InChI is InChI=1S/C17H16ClN5O2/c1-22-16(24)13-15(20-17(22)25)23(8-7-10-5-6-10)21-14(19-13)11-3-2-4-12(18)9-11/h2-4,9-10H,5-8H2,1H3. The van der Waals surface area contributed by atoms with E-state index in [1.165, 1.54) is 19.9 Å². The fraction of sp³-hybridized carbons (Fsp3) is 0.353. The highest BCUT2D eigenvalue weighted by molar-refractivity contribution is 6.30. The zero-order chi connectivity index (χ0) is 17.6. The SMILES string of the molecule is Cn1c(=O)nc2n(CCC3CC3)nc(-c3cccc(Cl)c3)nc-2c1=O. The molecule has 3 aliphatic rings. The van der Waals surface area contributed by atoms with Gasteiger partial charge in [0, 0.05) is 24.2 Å². The molecule has 0 aromatic heterocycles. The van der Waals surface area contributed by atoms with Crippen molar-refractivity contribution in [2.45, 2.75) is 25.8 Å². The van der Waals surface area contributed by atoms with E-state index in [2.05, 4.69) is 15.1 Å². The van der Waals surface area contributed by atoms with Crippen LogP contribution in [0.4, 0.5) is 0 Å². The van der Waals surface area contributed by atoms with Crippen LogP contribution >= 0.6 is 11.6 Å². The fourth-order valence-corrected chi connectivity index (χ4v) is 2.94. The molecule has 8 heteroatoms. The van der Waals surface area contributed by atoms with E-state index in [1.54, 1.807) is 22.9 Å². The minimum atomic E-state index is -0.600. The number of halogens is 1. The molecular weight excluding hydrogens is 342 g/mol. The lowest BCUT2D eigenvalue weighted by Gasteiger charge is -2.14. The van der Waals surface area contributed by atoms with Crippen molar-refractivity contribution in [2.24, 2.45) is 13.0 Å². The first-order valence-corrected chi connectivity index (χ1v) is 8.52. The van der Waals surface area contributed by atoms with E-state index >= 15 is 0 Å². The van der Waals surface area contributed by atoms with Crippen molar-refractivity contribution in [1.29, 1.82) is 0 Å². The first-order chi connectivity index (χ1) is 12.0. The molecule has 0 spiro atoms. The average Bonchev–Trinajstić information content (AvgIpc) is 3.42. The van der Waals surface area contributed by atoms with E-state index in [9.17, 15) is 9.59 Å². The molecule has 0 saturated heterocycles. The number of benzene rings is 1. The van der Waals surface area contributed by atoms with Crippen molar-refractivity contribution in [3.63, 3.8) is 0 Å². The average molecular weight is 358 g/mol. The lowest BCUT2D eigenvalue weighted by molar-refractivity contribution is 0.527. The molecular formula is C17H16ClN5O2. The third-order valence-corrected chi connectivity index (χ3v) is 4.65. The second kappa shape index (κ2) is 6.07. The molecule has 0 unspecified atom stereocenters. The van der Waals surface area contributed by atoms with Gasteiger partial charge < -0.3 is 0 Å². The van der Waals surface area contributed by atoms with Crippen LogP contribution in [-0.4, -0.2) is 24.3 Å². The largest absolute Gasteiger partial charge is 0.352 e. The van der Waals surface area contributed by atoms with Crippen LogP contribution in [0, 0.1) is 5.92 Å². The Kier molecular flexibility index (Phi) is 3.88. The van der Waals surface area contributed by atoms with E-state index in [4.69, 9.17) is 11.6 Å². The Morgan fingerprint density at radius 3 is 2.76 bits per heavy atom. The second-order valence-corrected chi connectivity index (χ2v) is 6.77. The van der Waals surface area contributed by atoms with Crippen molar-refractivity contribution < 1.29 is 0 Å². The molecule has 2 heterocycles. The summed E-state index contributed by atoms with van der Waals surface area (Å²) in [6.45, 7) is 0.594. The smallest absolute Gasteiger partial charge is 0.267 e. The summed E-state index contributed by atoms with van der Waals surface area (Å²) in [7, 11) is 1.40. The zero-order valence-corrected chi connectivity index (χ0v) is 14.4. The van der Waals surface area contributed by atoms with Gasteiger partial charge in [-0.1, -0.05) is 36.6 Å². The molecule has 2 aliphatic heterocycles. The normalized spacial score (nSPS) is 14.2. The van der Waals surface area contributed by atoms with Gasteiger partial charge in [-0.15, -0.1) is 0 Å². The van der Waals surface area contributed by atoms with Gasteiger partial charge in [-0.3, -0.25) is 9.36 Å². The highest BCUT2D eigenvalue weighted by Crippen LogP contribution is 2.33. The van der Waals surface area contributed by atoms with Gasteiger partial charge in [0.15, 0.2) is 17.3 Å². The molecule has 1 aromatic rings. The Balaban J connectivity index is 1.93. The molecule has 7 nitrogen and oxygen atoms in total. The predicted molar refractivity (Wildman–Crippen MR) is 93.7 cm³/mol. The first-order valence-electron chi connectivity index (χ1n) is 8.15. The van der Waals surface area contributed by atoms with Gasteiger partial charge in [-0.05, 0) is 24.5 Å². The molecule has 1 aliphatic carbocycles. The molecule has 0 N–H and O–H groups in total. The lowest BCUT2D eigenvalue weighted by Crippen LogP contribution is -2.37. The number of nitrogens with zero attached hydrogens (tertiary/aromatic N) is 5. The monoisotopic (exact) mass is 357 g/mol. The maximum absolute atomic E-state index is 12.5. The number of rotatable bonds is 4. The van der Waals surface area contributed by atoms with Crippen molar-refractivity contribution in [2.75, 3.05) is 0 Å². The zero-order valence-electron chi connectivity index (χ0n) is 13.6. The summed E-state index contributed by atoms with van der Waals surface area (Å²) >= 11 is 6.06. The van der Waals surface area contributed by atoms with Gasteiger partial charge in [-0.25, -0.2) is 14.5 Å². The Morgan fingerprint density at radius 1 is 1.24 bits per heavy atom. The summed E-state index contributed by atoms with van der Waals surface area (Å²) in [5, 5.41) is 5.08. The summed E-state index contributed by atoms with van der Waals surface area (Å²) in [5.41, 5.74) is -0.219. The Labute approximate surface area is 148 Å². The maximum Gasteiger partial charge on any atom is 0.352 e. The summed E-state index contributed by atoms with van der Waals surface area (Å²) in [5.74, 6) is 1.31. The molecule has 4 rings (SSSR count). The van der Waals surface area contributed by atoms with Gasteiger partial charge in [0.25, 0.3) is 5.56 Å². The van der Waals surface area contributed by atoms with Crippen molar-refractivity contribution >= 4 is 11.6 Å². The van der Waals surface area contributed by atoms with Crippen LogP contribution in [0.3, 0.4) is 0 Å². The quantitative estimate of drug-likeness (QED) is 0.712. The molecule has 1 saturated carbocycles. The molecule has 0 atom stereocenters. The van der Waals surface area contributed by atoms with Gasteiger partial charge in [0.2, 0.25) is 0 Å². The number of hydrogen-bond acceptors (Lipinski definition) is 5. The van der Waals surface area contributed by atoms with Gasteiger partial charge >= 0.3 is 5.69 Å². The summed E-state index contributed by atoms with van der Waals surface area (Å²) in [6.07, 6.45) is 3.37. The summed E-state index contributed by atoms with van der Waals surface area (Å²) in [6, 6.07) is 7.14. The van der Waals surface area contributed by atoms with Crippen molar-refractivity contribution in [1.82, 2.24) is 24.3 Å². The summed E-state index contributed by atoms with van der Waals surface area (Å²) in [4.78, 5) is 32.8. The molecule has 25 heavy (non-hydrogen) atoms.